The molecule has 0 fully saturated rings. The van der Waals surface area contributed by atoms with Crippen LogP contribution in [0.5, 0.6) is 5.75 Å². The van der Waals surface area contributed by atoms with Gasteiger partial charge < -0.3 is 15.0 Å². The first kappa shape index (κ1) is 26.3. The molecule has 0 saturated carbocycles. The molecule has 0 aliphatic carbocycles. The summed E-state index contributed by atoms with van der Waals surface area (Å²) >= 11 is 6.27. The highest BCUT2D eigenvalue weighted by Crippen LogP contribution is 2.26. The van der Waals surface area contributed by atoms with Crippen molar-refractivity contribution in [2.45, 2.75) is 46.7 Å². The standard InChI is InChI=1S/C29H33ClN2O3/c1-5-31-29(34)26(17-23-9-7-6-8-10-23)32(18-24-13-11-20(2)12-14-24)27(33)19-35-25-15-21(3)28(30)22(4)16-25/h6-16,26H,5,17-19H2,1-4H3,(H,31,34)/t26-/m0/s1. The maximum Gasteiger partial charge on any atom is 0.261 e. The summed E-state index contributed by atoms with van der Waals surface area (Å²) in [6.07, 6.45) is 0.406. The largest absolute Gasteiger partial charge is 0.484 e. The fourth-order valence-corrected chi connectivity index (χ4v) is 4.06. The molecule has 6 heteroatoms. The number of carbonyl (C=O) groups excluding carboxylic acids is 2. The minimum Gasteiger partial charge on any atom is -0.484 e. The Hall–Kier alpha value is -3.31. The summed E-state index contributed by atoms with van der Waals surface area (Å²) in [5, 5.41) is 3.59. The van der Waals surface area contributed by atoms with Gasteiger partial charge in [0.25, 0.3) is 5.91 Å². The fourth-order valence-electron chi connectivity index (χ4n) is 3.95. The van der Waals surface area contributed by atoms with Gasteiger partial charge in [0.2, 0.25) is 5.91 Å². The number of ether oxygens (including phenoxy) is 1. The number of nitrogens with one attached hydrogen (secondary N) is 1. The number of hydrogen-bond acceptors (Lipinski definition) is 3. The van der Waals surface area contributed by atoms with E-state index in [2.05, 4.69) is 5.32 Å². The van der Waals surface area contributed by atoms with E-state index >= 15 is 0 Å². The number of aryl methyl sites for hydroxylation is 3. The maximum atomic E-state index is 13.6. The lowest BCUT2D eigenvalue weighted by molar-refractivity contribution is -0.142. The Morgan fingerprint density at radius 3 is 2.17 bits per heavy atom. The van der Waals surface area contributed by atoms with Crippen LogP contribution in [0.3, 0.4) is 0 Å². The van der Waals surface area contributed by atoms with Crippen molar-refractivity contribution in [3.05, 3.63) is 99.6 Å². The molecule has 0 aromatic heterocycles. The Labute approximate surface area is 213 Å². The second kappa shape index (κ2) is 12.4. The van der Waals surface area contributed by atoms with Gasteiger partial charge in [0, 0.05) is 24.5 Å². The highest BCUT2D eigenvalue weighted by Gasteiger charge is 2.30. The molecule has 0 radical (unpaired) electrons. The van der Waals surface area contributed by atoms with E-state index in [4.69, 9.17) is 16.3 Å². The van der Waals surface area contributed by atoms with Crippen LogP contribution in [-0.2, 0) is 22.6 Å². The monoisotopic (exact) mass is 492 g/mol. The summed E-state index contributed by atoms with van der Waals surface area (Å²) in [5.74, 6) is 0.128. The van der Waals surface area contributed by atoms with Crippen LogP contribution in [0, 0.1) is 20.8 Å². The van der Waals surface area contributed by atoms with Gasteiger partial charge in [-0.2, -0.15) is 0 Å². The van der Waals surface area contributed by atoms with Crippen molar-refractivity contribution in [1.29, 1.82) is 0 Å². The summed E-state index contributed by atoms with van der Waals surface area (Å²) < 4.78 is 5.88. The number of likely N-dealkylation sites (N-methyl/N-ethyl adjacent to an activating group) is 1. The van der Waals surface area contributed by atoms with Gasteiger partial charge in [-0.3, -0.25) is 9.59 Å². The molecule has 35 heavy (non-hydrogen) atoms. The molecule has 1 atom stereocenters. The topological polar surface area (TPSA) is 58.6 Å². The Kier molecular flexibility index (Phi) is 9.32. The third-order valence-electron chi connectivity index (χ3n) is 5.87. The predicted octanol–water partition coefficient (Wildman–Crippen LogP) is 5.42. The van der Waals surface area contributed by atoms with Gasteiger partial charge in [-0.15, -0.1) is 0 Å². The number of rotatable bonds is 10. The van der Waals surface area contributed by atoms with Crippen LogP contribution < -0.4 is 10.1 Å². The van der Waals surface area contributed by atoms with Crippen LogP contribution in [0.1, 0.15) is 34.7 Å². The zero-order chi connectivity index (χ0) is 25.4. The molecule has 3 aromatic rings. The highest BCUT2D eigenvalue weighted by molar-refractivity contribution is 6.32. The quantitative estimate of drug-likeness (QED) is 0.411. The molecule has 3 aromatic carbocycles. The molecular formula is C29H33ClN2O3. The normalized spacial score (nSPS) is 11.6. The zero-order valence-corrected chi connectivity index (χ0v) is 21.6. The van der Waals surface area contributed by atoms with Gasteiger partial charge in [0.05, 0.1) is 0 Å². The smallest absolute Gasteiger partial charge is 0.261 e. The van der Waals surface area contributed by atoms with E-state index in [0.717, 1.165) is 27.8 Å². The van der Waals surface area contributed by atoms with E-state index in [1.165, 1.54) is 0 Å². The lowest BCUT2D eigenvalue weighted by Gasteiger charge is -2.31. The lowest BCUT2D eigenvalue weighted by Crippen LogP contribution is -2.51. The van der Waals surface area contributed by atoms with Gasteiger partial charge in [-0.05, 0) is 62.1 Å². The number of nitrogens with zero attached hydrogens (tertiary/aromatic N) is 1. The van der Waals surface area contributed by atoms with Gasteiger partial charge in [-0.25, -0.2) is 0 Å². The lowest BCUT2D eigenvalue weighted by atomic mass is 10.0. The second-order valence-electron chi connectivity index (χ2n) is 8.77. The third kappa shape index (κ3) is 7.33. The first-order chi connectivity index (χ1) is 16.8. The highest BCUT2D eigenvalue weighted by atomic mass is 35.5. The van der Waals surface area contributed by atoms with Gasteiger partial charge in [0.15, 0.2) is 6.61 Å². The molecule has 0 heterocycles. The molecule has 3 rings (SSSR count). The van der Waals surface area contributed by atoms with Crippen molar-refractivity contribution in [2.75, 3.05) is 13.2 Å². The molecule has 2 amide bonds. The molecule has 184 valence electrons. The molecule has 5 nitrogen and oxygen atoms in total. The minimum absolute atomic E-state index is 0.183. The van der Waals surface area contributed by atoms with Crippen molar-refractivity contribution >= 4 is 23.4 Å². The molecule has 0 bridgehead atoms. The zero-order valence-electron chi connectivity index (χ0n) is 20.8. The van der Waals surface area contributed by atoms with Gasteiger partial charge in [-0.1, -0.05) is 71.8 Å². The van der Waals surface area contributed by atoms with E-state index in [-0.39, 0.29) is 18.4 Å². The van der Waals surface area contributed by atoms with E-state index in [0.29, 0.717) is 30.3 Å². The second-order valence-corrected chi connectivity index (χ2v) is 9.15. The van der Waals surface area contributed by atoms with Crippen molar-refractivity contribution in [1.82, 2.24) is 10.2 Å². The Balaban J connectivity index is 1.89. The average Bonchev–Trinajstić information content (AvgIpc) is 2.85. The summed E-state index contributed by atoms with van der Waals surface area (Å²) in [7, 11) is 0. The van der Waals surface area contributed by atoms with Gasteiger partial charge >= 0.3 is 0 Å². The van der Waals surface area contributed by atoms with Crippen LogP contribution in [0.2, 0.25) is 5.02 Å². The number of halogens is 1. The molecule has 1 N–H and O–H groups in total. The maximum absolute atomic E-state index is 13.6. The number of hydrogen-bond donors (Lipinski definition) is 1. The predicted molar refractivity (Wildman–Crippen MR) is 141 cm³/mol. The van der Waals surface area contributed by atoms with Crippen molar-refractivity contribution in [3.8, 4) is 5.75 Å². The fraction of sp³-hybridized carbons (Fsp3) is 0.310. The van der Waals surface area contributed by atoms with E-state index in [1.807, 2.05) is 94.4 Å². The third-order valence-corrected chi connectivity index (χ3v) is 6.46. The Morgan fingerprint density at radius 2 is 1.57 bits per heavy atom. The van der Waals surface area contributed by atoms with Gasteiger partial charge in [0.1, 0.15) is 11.8 Å². The molecule has 0 saturated heterocycles. The molecular weight excluding hydrogens is 460 g/mol. The van der Waals surface area contributed by atoms with Crippen LogP contribution in [-0.4, -0.2) is 35.9 Å². The van der Waals surface area contributed by atoms with Crippen LogP contribution >= 0.6 is 11.6 Å². The first-order valence-electron chi connectivity index (χ1n) is 11.8. The van der Waals surface area contributed by atoms with Crippen molar-refractivity contribution < 1.29 is 14.3 Å². The minimum atomic E-state index is -0.677. The summed E-state index contributed by atoms with van der Waals surface area (Å²) in [6.45, 7) is 8.29. The number of benzene rings is 3. The van der Waals surface area contributed by atoms with E-state index in [9.17, 15) is 9.59 Å². The first-order valence-corrected chi connectivity index (χ1v) is 12.2. The van der Waals surface area contributed by atoms with Crippen LogP contribution in [0.15, 0.2) is 66.7 Å². The molecule has 0 spiro atoms. The SMILES string of the molecule is CCNC(=O)[C@H](Cc1ccccc1)N(Cc1ccc(C)cc1)C(=O)COc1cc(C)c(Cl)c(C)c1. The van der Waals surface area contributed by atoms with E-state index in [1.54, 1.807) is 4.90 Å². The average molecular weight is 493 g/mol. The summed E-state index contributed by atoms with van der Waals surface area (Å²) in [4.78, 5) is 28.4. The number of amides is 2. The summed E-state index contributed by atoms with van der Waals surface area (Å²) in [5.41, 5.74) is 4.83. The van der Waals surface area contributed by atoms with E-state index < -0.39 is 6.04 Å². The molecule has 0 aliphatic heterocycles. The van der Waals surface area contributed by atoms with Crippen molar-refractivity contribution in [3.63, 3.8) is 0 Å². The summed E-state index contributed by atoms with van der Waals surface area (Å²) in [6, 6.07) is 20.7. The molecule has 0 aliphatic rings. The Bertz CT molecular complexity index is 1120. The molecule has 0 unspecified atom stereocenters. The Morgan fingerprint density at radius 1 is 0.943 bits per heavy atom. The number of carbonyl (C=O) groups is 2. The van der Waals surface area contributed by atoms with Crippen LogP contribution in [0.4, 0.5) is 0 Å². The van der Waals surface area contributed by atoms with Crippen molar-refractivity contribution in [2.24, 2.45) is 0 Å². The van der Waals surface area contributed by atoms with Crippen LogP contribution in [0.25, 0.3) is 0 Å².